The topological polar surface area (TPSA) is 73.3 Å². The van der Waals surface area contributed by atoms with E-state index in [-0.39, 0.29) is 35.4 Å². The number of nitrogens with zero attached hydrogens (tertiary/aromatic N) is 1. The highest BCUT2D eigenvalue weighted by molar-refractivity contribution is 7.92. The number of ketones is 1. The van der Waals surface area contributed by atoms with E-state index in [1.807, 2.05) is 36.4 Å². The van der Waals surface area contributed by atoms with Gasteiger partial charge in [-0.3, -0.25) is 9.78 Å². The van der Waals surface area contributed by atoms with Gasteiger partial charge in [0, 0.05) is 24.0 Å². The van der Waals surface area contributed by atoms with Crippen LogP contribution in [0.1, 0.15) is 49.1 Å². The summed E-state index contributed by atoms with van der Waals surface area (Å²) in [5.74, 6) is 0.225. The molecule has 0 N–H and O–H groups in total. The molecule has 2 aromatic carbocycles. The molecular formula is C28H28F3NO4S. The first-order valence-electron chi connectivity index (χ1n) is 11.9. The third kappa shape index (κ3) is 5.56. The van der Waals surface area contributed by atoms with Crippen LogP contribution >= 0.6 is 0 Å². The molecule has 1 aromatic heterocycles. The van der Waals surface area contributed by atoms with Crippen LogP contribution in [0.15, 0.2) is 71.8 Å². The van der Waals surface area contributed by atoms with E-state index < -0.39 is 32.7 Å². The second-order valence-corrected chi connectivity index (χ2v) is 12.1. The molecule has 0 saturated heterocycles. The van der Waals surface area contributed by atoms with E-state index in [1.165, 1.54) is 6.07 Å². The molecule has 5 nitrogen and oxygen atoms in total. The van der Waals surface area contributed by atoms with Gasteiger partial charge in [-0.25, -0.2) is 8.42 Å². The van der Waals surface area contributed by atoms with Crippen molar-refractivity contribution in [2.24, 2.45) is 5.92 Å². The van der Waals surface area contributed by atoms with Crippen molar-refractivity contribution in [1.82, 2.24) is 4.98 Å². The molecule has 0 atom stereocenters. The largest absolute Gasteiger partial charge is 0.497 e. The molecule has 0 spiro atoms. The van der Waals surface area contributed by atoms with E-state index in [4.69, 9.17) is 4.74 Å². The fourth-order valence-corrected chi connectivity index (χ4v) is 6.44. The highest BCUT2D eigenvalue weighted by Crippen LogP contribution is 2.39. The van der Waals surface area contributed by atoms with Crippen molar-refractivity contribution in [3.05, 3.63) is 89.2 Å². The van der Waals surface area contributed by atoms with E-state index in [1.54, 1.807) is 13.3 Å². The summed E-state index contributed by atoms with van der Waals surface area (Å²) in [7, 11) is -2.34. The maximum absolute atomic E-state index is 13.0. The van der Waals surface area contributed by atoms with Gasteiger partial charge in [-0.1, -0.05) is 38.1 Å². The Morgan fingerprint density at radius 1 is 1.00 bits per heavy atom. The van der Waals surface area contributed by atoms with Gasteiger partial charge in [-0.05, 0) is 60.4 Å². The lowest BCUT2D eigenvalue weighted by atomic mass is 9.79. The van der Waals surface area contributed by atoms with Crippen LogP contribution in [0.2, 0.25) is 0 Å². The average molecular weight is 532 g/mol. The minimum atomic E-state index is -4.63. The van der Waals surface area contributed by atoms with Gasteiger partial charge in [0.1, 0.15) is 11.5 Å². The van der Waals surface area contributed by atoms with Gasteiger partial charge in [-0.2, -0.15) is 13.2 Å². The number of carbonyl (C=O) groups is 1. The number of methoxy groups -OCH3 is 1. The molecule has 1 fully saturated rings. The van der Waals surface area contributed by atoms with Gasteiger partial charge >= 0.3 is 6.18 Å². The van der Waals surface area contributed by atoms with Gasteiger partial charge < -0.3 is 4.74 Å². The maximum atomic E-state index is 13.0. The van der Waals surface area contributed by atoms with Crippen LogP contribution in [0, 0.1) is 5.92 Å². The Labute approximate surface area is 214 Å². The SMILES string of the molecule is COc1ccc(C(C)(C)c2ccc(CC(=O)C3CC(S(=O)(=O)c4cccc(C(F)(F)F)c4)C3)cn2)cc1. The number of hydrogen-bond acceptors (Lipinski definition) is 5. The molecule has 37 heavy (non-hydrogen) atoms. The third-order valence-electron chi connectivity index (χ3n) is 7.13. The highest BCUT2D eigenvalue weighted by Gasteiger charge is 2.43. The summed E-state index contributed by atoms with van der Waals surface area (Å²) in [4.78, 5) is 17.0. The monoisotopic (exact) mass is 531 g/mol. The zero-order valence-corrected chi connectivity index (χ0v) is 21.6. The summed E-state index contributed by atoms with van der Waals surface area (Å²) in [6.07, 6.45) is -2.64. The standard InChI is InChI=1S/C28H28F3NO4S/c1-27(2,20-8-10-22(36-3)11-9-20)26-12-7-18(17-32-26)13-25(33)19-14-24(15-19)37(34,35)23-6-4-5-21(16-23)28(29,30)31/h4-12,16-17,19,24H,13-15H2,1-3H3. The molecular weight excluding hydrogens is 503 g/mol. The average Bonchev–Trinajstić information content (AvgIpc) is 2.83. The normalized spacial score (nSPS) is 18.2. The number of ether oxygens (including phenoxy) is 1. The number of benzene rings is 2. The third-order valence-corrected chi connectivity index (χ3v) is 9.31. The summed E-state index contributed by atoms with van der Waals surface area (Å²) < 4.78 is 69.8. The smallest absolute Gasteiger partial charge is 0.416 e. The van der Waals surface area contributed by atoms with Gasteiger partial charge in [-0.15, -0.1) is 0 Å². The van der Waals surface area contributed by atoms with Crippen LogP contribution in [0.25, 0.3) is 0 Å². The van der Waals surface area contributed by atoms with Gasteiger partial charge in [0.25, 0.3) is 0 Å². The van der Waals surface area contributed by atoms with E-state index in [2.05, 4.69) is 18.8 Å². The zero-order valence-electron chi connectivity index (χ0n) is 20.7. The van der Waals surface area contributed by atoms with Crippen LogP contribution < -0.4 is 4.74 Å². The first kappa shape index (κ1) is 26.9. The Morgan fingerprint density at radius 2 is 1.68 bits per heavy atom. The van der Waals surface area contributed by atoms with Crippen LogP contribution in [0.5, 0.6) is 5.75 Å². The van der Waals surface area contributed by atoms with Gasteiger partial charge in [0.05, 0.1) is 28.5 Å². The fourth-order valence-electron chi connectivity index (χ4n) is 4.52. The van der Waals surface area contributed by atoms with E-state index in [9.17, 15) is 26.4 Å². The maximum Gasteiger partial charge on any atom is 0.416 e. The van der Waals surface area contributed by atoms with E-state index >= 15 is 0 Å². The molecule has 1 aliphatic rings. The predicted molar refractivity (Wildman–Crippen MR) is 133 cm³/mol. The van der Waals surface area contributed by atoms with Crippen LogP contribution in [-0.2, 0) is 32.6 Å². The Balaban J connectivity index is 1.37. The Kier molecular flexibility index (Phi) is 7.21. The van der Waals surface area contributed by atoms with E-state index in [0.29, 0.717) is 6.07 Å². The molecule has 0 amide bonds. The quantitative estimate of drug-likeness (QED) is 0.367. The molecule has 1 aliphatic carbocycles. The lowest BCUT2D eigenvalue weighted by molar-refractivity contribution is -0.137. The van der Waals surface area contributed by atoms with Crippen molar-refractivity contribution in [3.8, 4) is 5.75 Å². The predicted octanol–water partition coefficient (Wildman–Crippen LogP) is 5.80. The fraction of sp³-hybridized carbons (Fsp3) is 0.357. The van der Waals surface area contributed by atoms with Crippen molar-refractivity contribution in [1.29, 1.82) is 0 Å². The Hall–Kier alpha value is -3.20. The van der Waals surface area contributed by atoms with Crippen LogP contribution in [0.3, 0.4) is 0 Å². The van der Waals surface area contributed by atoms with Gasteiger partial charge in [0.2, 0.25) is 0 Å². The summed E-state index contributed by atoms with van der Waals surface area (Å²) in [6, 6.07) is 15.2. The summed E-state index contributed by atoms with van der Waals surface area (Å²) in [5.41, 5.74) is 1.25. The minimum absolute atomic E-state index is 0.0977. The molecule has 196 valence electrons. The lowest BCUT2D eigenvalue weighted by Crippen LogP contribution is -2.40. The molecule has 4 rings (SSSR count). The molecule has 3 aromatic rings. The number of hydrogen-bond donors (Lipinski definition) is 0. The van der Waals surface area contributed by atoms with Crippen LogP contribution in [-0.4, -0.2) is 31.5 Å². The number of aromatic nitrogens is 1. The first-order valence-corrected chi connectivity index (χ1v) is 13.4. The molecule has 1 heterocycles. The number of halogens is 3. The van der Waals surface area contributed by atoms with Crippen molar-refractivity contribution < 1.29 is 31.1 Å². The van der Waals surface area contributed by atoms with E-state index in [0.717, 1.165) is 34.7 Å². The molecule has 0 bridgehead atoms. The molecule has 9 heteroatoms. The highest BCUT2D eigenvalue weighted by atomic mass is 32.2. The molecule has 0 radical (unpaired) electrons. The molecule has 0 unspecified atom stereocenters. The molecule has 0 aliphatic heterocycles. The zero-order chi connectivity index (χ0) is 27.0. The second kappa shape index (κ2) is 9.93. The van der Waals surface area contributed by atoms with Crippen molar-refractivity contribution in [2.45, 2.75) is 54.8 Å². The molecule has 1 saturated carbocycles. The number of alkyl halides is 3. The second-order valence-electron chi connectivity index (χ2n) is 9.91. The minimum Gasteiger partial charge on any atom is -0.497 e. The van der Waals surface area contributed by atoms with Crippen molar-refractivity contribution in [2.75, 3.05) is 7.11 Å². The number of carbonyl (C=O) groups excluding carboxylic acids is 1. The summed E-state index contributed by atoms with van der Waals surface area (Å²) in [6.45, 7) is 4.11. The van der Waals surface area contributed by atoms with Crippen molar-refractivity contribution >= 4 is 15.6 Å². The number of Topliss-reactive ketones (excluding diaryl/α,β-unsaturated/α-hetero) is 1. The van der Waals surface area contributed by atoms with Gasteiger partial charge in [0.15, 0.2) is 9.84 Å². The lowest BCUT2D eigenvalue weighted by Gasteiger charge is -2.34. The van der Waals surface area contributed by atoms with Crippen molar-refractivity contribution in [3.63, 3.8) is 0 Å². The Morgan fingerprint density at radius 3 is 2.24 bits per heavy atom. The number of rotatable bonds is 8. The number of sulfone groups is 1. The number of pyridine rings is 1. The summed E-state index contributed by atoms with van der Waals surface area (Å²) in [5, 5.41) is -0.865. The first-order chi connectivity index (χ1) is 17.3. The Bertz CT molecular complexity index is 1380. The van der Waals surface area contributed by atoms with Crippen LogP contribution in [0.4, 0.5) is 13.2 Å². The summed E-state index contributed by atoms with van der Waals surface area (Å²) >= 11 is 0.